The zero-order valence-electron chi connectivity index (χ0n) is 30.2. The zero-order chi connectivity index (χ0) is 35.2. The van der Waals surface area contributed by atoms with E-state index in [2.05, 4.69) is 110 Å². The van der Waals surface area contributed by atoms with Crippen LogP contribution in [0.25, 0.3) is 83.2 Å². The van der Waals surface area contributed by atoms with E-state index in [0.717, 1.165) is 38.9 Å². The second kappa shape index (κ2) is 10.7. The molecule has 0 unspecified atom stereocenters. The fourth-order valence-electron chi connectivity index (χ4n) is 7.20. The molecule has 48 heavy (non-hydrogen) atoms. The van der Waals surface area contributed by atoms with Crippen molar-refractivity contribution in [2.24, 2.45) is 0 Å². The molecule has 0 spiro atoms. The van der Waals surface area contributed by atoms with Gasteiger partial charge in [-0.15, -0.1) is 0 Å². The van der Waals surface area contributed by atoms with Gasteiger partial charge in [-0.05, 0) is 95.5 Å². The highest BCUT2D eigenvalue weighted by Gasteiger charge is 2.26. The number of nitrogens with zero attached hydrogens (tertiary/aromatic N) is 3. The Kier molecular flexibility index (Phi) is 5.65. The molecule has 0 saturated heterocycles. The van der Waals surface area contributed by atoms with Crippen LogP contribution in [0.1, 0.15) is 60.5 Å². The lowest BCUT2D eigenvalue weighted by atomic mass is 9.88. The summed E-state index contributed by atoms with van der Waals surface area (Å²) >= 11 is 0. The van der Waals surface area contributed by atoms with Crippen LogP contribution < -0.4 is 0 Å². The van der Waals surface area contributed by atoms with Gasteiger partial charge in [0.25, 0.3) is 0 Å². The van der Waals surface area contributed by atoms with Crippen molar-refractivity contribution >= 4 is 55.0 Å². The van der Waals surface area contributed by atoms with Crippen molar-refractivity contribution in [1.29, 1.82) is 0 Å². The minimum Gasteiger partial charge on any atom is -0.454 e. The Hall–Kier alpha value is -5.68. The molecular weight excluding hydrogens is 590 g/mol. The van der Waals surface area contributed by atoms with Crippen LogP contribution in [-0.4, -0.2) is 14.5 Å². The van der Waals surface area contributed by atoms with E-state index >= 15 is 0 Å². The average Bonchev–Trinajstić information content (AvgIpc) is 3.81. The lowest BCUT2D eigenvalue weighted by Crippen LogP contribution is -2.09. The average molecular weight is 629 g/mol. The summed E-state index contributed by atoms with van der Waals surface area (Å²) in [6.07, 6.45) is 0. The van der Waals surface area contributed by atoms with Crippen LogP contribution in [0, 0.1) is 6.85 Å². The Balaban J connectivity index is 1.36. The summed E-state index contributed by atoms with van der Waals surface area (Å²) in [4.78, 5) is 9.88. The van der Waals surface area contributed by atoms with E-state index < -0.39 is 6.85 Å². The number of imidazole rings is 1. The quantitative estimate of drug-likeness (QED) is 0.190. The van der Waals surface area contributed by atoms with Crippen LogP contribution in [0.3, 0.4) is 0 Å². The molecule has 5 nitrogen and oxygen atoms in total. The molecule has 0 aliphatic rings. The standard InChI is InChI=1S/C43H35N3O2/c1-24(2)32-22-28(27-12-7-6-8-13-27)23-33(25(3)4)40(32)46-35-17-10-9-16-34(35)45-43(46)31-15-11-14-29-30-19-21-36-38(42(30)48-41(29)31)39-37(47-36)20-18-26(5)44-39/h6-25H,1-5H3/i5D3. The molecule has 5 heteroatoms. The summed E-state index contributed by atoms with van der Waals surface area (Å²) in [6.45, 7) is 6.66. The highest BCUT2D eigenvalue weighted by atomic mass is 16.3. The number of hydrogen-bond acceptors (Lipinski definition) is 4. The third-order valence-corrected chi connectivity index (χ3v) is 9.49. The maximum atomic E-state index is 7.97. The van der Waals surface area contributed by atoms with Crippen molar-refractivity contribution in [2.45, 2.75) is 46.4 Å². The first kappa shape index (κ1) is 25.4. The first-order chi connectivity index (χ1) is 24.6. The van der Waals surface area contributed by atoms with Gasteiger partial charge in [0.2, 0.25) is 0 Å². The van der Waals surface area contributed by atoms with Crippen molar-refractivity contribution in [3.05, 3.63) is 126 Å². The molecule has 0 fully saturated rings. The largest absolute Gasteiger partial charge is 0.454 e. The topological polar surface area (TPSA) is 57.0 Å². The van der Waals surface area contributed by atoms with Gasteiger partial charge in [0.1, 0.15) is 28.1 Å². The van der Waals surface area contributed by atoms with Gasteiger partial charge < -0.3 is 8.83 Å². The van der Waals surface area contributed by atoms with E-state index in [1.54, 1.807) is 6.07 Å². The molecule has 0 amide bonds. The summed E-state index contributed by atoms with van der Waals surface area (Å²) in [7, 11) is 0. The molecule has 0 N–H and O–H groups in total. The molecule has 0 atom stereocenters. The number of aryl methyl sites for hydroxylation is 1. The Labute approximate surface area is 282 Å². The first-order valence-corrected chi connectivity index (χ1v) is 16.5. The van der Waals surface area contributed by atoms with Gasteiger partial charge in [0.05, 0.1) is 27.7 Å². The van der Waals surface area contributed by atoms with Gasteiger partial charge in [-0.3, -0.25) is 4.57 Å². The van der Waals surface area contributed by atoms with Crippen LogP contribution in [-0.2, 0) is 0 Å². The Morgan fingerprint density at radius 2 is 1.38 bits per heavy atom. The van der Waals surface area contributed by atoms with Crippen molar-refractivity contribution in [2.75, 3.05) is 0 Å². The number of pyridine rings is 1. The Bertz CT molecular complexity index is 2780. The van der Waals surface area contributed by atoms with Crippen LogP contribution in [0.2, 0.25) is 0 Å². The molecule has 4 heterocycles. The van der Waals surface area contributed by atoms with Crippen molar-refractivity contribution < 1.29 is 12.9 Å². The summed E-state index contributed by atoms with van der Waals surface area (Å²) in [5.41, 5.74) is 11.6. The molecule has 4 aromatic heterocycles. The molecule has 5 aromatic carbocycles. The third kappa shape index (κ3) is 4.24. The molecular formula is C43H35N3O2. The van der Waals surface area contributed by atoms with Crippen molar-refractivity contribution in [1.82, 2.24) is 14.5 Å². The summed E-state index contributed by atoms with van der Waals surface area (Å²) < 4.78 is 39.2. The van der Waals surface area contributed by atoms with E-state index in [1.165, 1.54) is 28.3 Å². The molecule has 234 valence electrons. The fourth-order valence-corrected chi connectivity index (χ4v) is 7.20. The minimum absolute atomic E-state index is 0.0143. The molecule has 0 saturated carbocycles. The van der Waals surface area contributed by atoms with E-state index in [-0.39, 0.29) is 17.5 Å². The lowest BCUT2D eigenvalue weighted by Gasteiger charge is -2.24. The van der Waals surface area contributed by atoms with Gasteiger partial charge >= 0.3 is 0 Å². The van der Waals surface area contributed by atoms with Gasteiger partial charge in [0, 0.05) is 20.6 Å². The summed E-state index contributed by atoms with van der Waals surface area (Å²) in [5, 5.41) is 2.48. The highest BCUT2D eigenvalue weighted by molar-refractivity contribution is 6.22. The second-order valence-electron chi connectivity index (χ2n) is 13.2. The van der Waals surface area contributed by atoms with Crippen LogP contribution in [0.15, 0.2) is 118 Å². The highest BCUT2D eigenvalue weighted by Crippen LogP contribution is 2.44. The smallest absolute Gasteiger partial charge is 0.154 e. The van der Waals surface area contributed by atoms with Crippen molar-refractivity contribution in [3.63, 3.8) is 0 Å². The summed E-state index contributed by atoms with van der Waals surface area (Å²) in [6, 6.07) is 36.8. The maximum Gasteiger partial charge on any atom is 0.154 e. The molecule has 0 radical (unpaired) electrons. The van der Waals surface area contributed by atoms with Gasteiger partial charge in [-0.1, -0.05) is 82.3 Å². The number of fused-ring (bicyclic) bond motifs is 8. The SMILES string of the molecule is [2H]C([2H])([2H])c1ccc2oc3ccc4c5cccc(-c6nc7ccccc7n6-c6c(C(C)C)cc(-c7ccccc7)cc6C(C)C)c5oc4c3c2n1. The van der Waals surface area contributed by atoms with Gasteiger partial charge in [0.15, 0.2) is 5.58 Å². The second-order valence-corrected chi connectivity index (χ2v) is 13.2. The fraction of sp³-hybridized carbons (Fsp3) is 0.163. The lowest BCUT2D eigenvalue weighted by molar-refractivity contribution is 0.662. The molecule has 0 bridgehead atoms. The van der Waals surface area contributed by atoms with Gasteiger partial charge in [-0.2, -0.15) is 0 Å². The number of benzene rings is 5. The number of para-hydroxylation sites is 3. The normalized spacial score (nSPS) is 13.4. The Morgan fingerprint density at radius 3 is 2.15 bits per heavy atom. The van der Waals surface area contributed by atoms with E-state index in [9.17, 15) is 0 Å². The Morgan fingerprint density at radius 1 is 0.646 bits per heavy atom. The van der Waals surface area contributed by atoms with E-state index in [0.29, 0.717) is 33.2 Å². The van der Waals surface area contributed by atoms with Crippen LogP contribution in [0.4, 0.5) is 0 Å². The molecule has 9 aromatic rings. The van der Waals surface area contributed by atoms with Crippen molar-refractivity contribution in [3.8, 4) is 28.2 Å². The van der Waals surface area contributed by atoms with Crippen LogP contribution in [0.5, 0.6) is 0 Å². The number of aromatic nitrogens is 3. The summed E-state index contributed by atoms with van der Waals surface area (Å²) in [5.74, 6) is 1.24. The minimum atomic E-state index is -2.35. The number of furan rings is 2. The molecule has 9 rings (SSSR count). The van der Waals surface area contributed by atoms with Crippen LogP contribution >= 0.6 is 0 Å². The monoisotopic (exact) mass is 628 g/mol. The number of hydrogen-bond donors (Lipinski definition) is 0. The zero-order valence-corrected chi connectivity index (χ0v) is 27.2. The first-order valence-electron chi connectivity index (χ1n) is 18.0. The van der Waals surface area contributed by atoms with E-state index in [4.69, 9.17) is 17.9 Å². The van der Waals surface area contributed by atoms with E-state index in [1.807, 2.05) is 24.3 Å². The maximum absolute atomic E-state index is 7.97. The molecule has 0 aliphatic heterocycles. The molecule has 0 aliphatic carbocycles. The third-order valence-electron chi connectivity index (χ3n) is 9.49. The predicted octanol–water partition coefficient (Wildman–Crippen LogP) is 12.1. The van der Waals surface area contributed by atoms with Gasteiger partial charge in [-0.25, -0.2) is 9.97 Å². The predicted molar refractivity (Wildman–Crippen MR) is 197 cm³/mol. The number of rotatable bonds is 5.